The topological polar surface area (TPSA) is 61.5 Å². The average Bonchev–Trinajstić information content (AvgIpc) is 2.29. The highest BCUT2D eigenvalue weighted by molar-refractivity contribution is 5.73. The number of nitrogens with two attached hydrogens (primary N) is 1. The summed E-state index contributed by atoms with van der Waals surface area (Å²) < 4.78 is 10.1. The molecule has 1 saturated heterocycles. The first-order valence-corrected chi connectivity index (χ1v) is 5.99. The van der Waals surface area contributed by atoms with Crippen LogP contribution in [0.3, 0.4) is 0 Å². The number of carbonyl (C=O) groups is 1. The summed E-state index contributed by atoms with van der Waals surface area (Å²) in [6.45, 7) is 5.54. The molecule has 2 unspecified atom stereocenters. The molecule has 1 heterocycles. The van der Waals surface area contributed by atoms with E-state index in [2.05, 4.69) is 0 Å². The minimum Gasteiger partial charge on any atom is -0.469 e. The van der Waals surface area contributed by atoms with Crippen LogP contribution in [0.2, 0.25) is 0 Å². The number of rotatable bonds is 4. The standard InChI is InChI=1S/C12H23NO3/c1-8(2)10(12(14)15-3)11(13)9-4-6-16-7-5-9/h8-11H,4-7,13H2,1-3H3. The summed E-state index contributed by atoms with van der Waals surface area (Å²) in [6.07, 6.45) is 1.89. The summed E-state index contributed by atoms with van der Waals surface area (Å²) >= 11 is 0. The molecule has 0 aromatic carbocycles. The highest BCUT2D eigenvalue weighted by Crippen LogP contribution is 2.27. The SMILES string of the molecule is COC(=O)C(C(C)C)C(N)C1CCOCC1. The molecular formula is C12H23NO3. The maximum atomic E-state index is 11.7. The van der Waals surface area contributed by atoms with Gasteiger partial charge in [-0.25, -0.2) is 0 Å². The van der Waals surface area contributed by atoms with E-state index in [1.807, 2.05) is 13.8 Å². The van der Waals surface area contributed by atoms with Crippen LogP contribution in [-0.4, -0.2) is 32.3 Å². The van der Waals surface area contributed by atoms with E-state index in [1.165, 1.54) is 7.11 Å². The Bertz CT molecular complexity index is 224. The van der Waals surface area contributed by atoms with E-state index in [1.54, 1.807) is 0 Å². The van der Waals surface area contributed by atoms with E-state index in [9.17, 15) is 4.79 Å². The predicted molar refractivity (Wildman–Crippen MR) is 61.9 cm³/mol. The Hall–Kier alpha value is -0.610. The Morgan fingerprint density at radius 3 is 2.38 bits per heavy atom. The molecule has 4 heteroatoms. The summed E-state index contributed by atoms with van der Waals surface area (Å²) in [4.78, 5) is 11.7. The molecule has 0 spiro atoms. The Kier molecular flexibility index (Phi) is 5.22. The Morgan fingerprint density at radius 1 is 1.38 bits per heavy atom. The van der Waals surface area contributed by atoms with E-state index in [-0.39, 0.29) is 23.8 Å². The van der Waals surface area contributed by atoms with Crippen molar-refractivity contribution in [3.63, 3.8) is 0 Å². The minimum absolute atomic E-state index is 0.114. The van der Waals surface area contributed by atoms with E-state index < -0.39 is 0 Å². The van der Waals surface area contributed by atoms with Gasteiger partial charge in [-0.2, -0.15) is 0 Å². The van der Waals surface area contributed by atoms with Crippen LogP contribution in [0, 0.1) is 17.8 Å². The van der Waals surface area contributed by atoms with E-state index >= 15 is 0 Å². The second-order valence-corrected chi connectivity index (χ2v) is 4.82. The van der Waals surface area contributed by atoms with Crippen molar-refractivity contribution in [2.24, 2.45) is 23.5 Å². The maximum Gasteiger partial charge on any atom is 0.310 e. The van der Waals surface area contributed by atoms with Crippen molar-refractivity contribution in [2.45, 2.75) is 32.7 Å². The fourth-order valence-electron chi connectivity index (χ4n) is 2.40. The molecule has 1 aliphatic heterocycles. The molecule has 0 aromatic heterocycles. The fraction of sp³-hybridized carbons (Fsp3) is 0.917. The first-order valence-electron chi connectivity index (χ1n) is 5.99. The smallest absolute Gasteiger partial charge is 0.310 e. The Labute approximate surface area is 97.5 Å². The molecule has 0 amide bonds. The first kappa shape index (κ1) is 13.5. The van der Waals surface area contributed by atoms with Gasteiger partial charge in [0, 0.05) is 19.3 Å². The molecule has 0 radical (unpaired) electrons. The lowest BCUT2D eigenvalue weighted by molar-refractivity contribution is -0.148. The van der Waals surface area contributed by atoms with E-state index in [4.69, 9.17) is 15.2 Å². The molecule has 2 atom stereocenters. The zero-order chi connectivity index (χ0) is 12.1. The van der Waals surface area contributed by atoms with Crippen molar-refractivity contribution in [2.75, 3.05) is 20.3 Å². The zero-order valence-electron chi connectivity index (χ0n) is 10.4. The highest BCUT2D eigenvalue weighted by atomic mass is 16.5. The lowest BCUT2D eigenvalue weighted by atomic mass is 9.79. The molecule has 94 valence electrons. The molecule has 0 aromatic rings. The van der Waals surface area contributed by atoms with E-state index in [0.29, 0.717) is 5.92 Å². The number of hydrogen-bond donors (Lipinski definition) is 1. The number of carbonyl (C=O) groups excluding carboxylic acids is 1. The van der Waals surface area contributed by atoms with Crippen LogP contribution in [0.15, 0.2) is 0 Å². The van der Waals surface area contributed by atoms with Gasteiger partial charge < -0.3 is 15.2 Å². The van der Waals surface area contributed by atoms with Crippen molar-refractivity contribution < 1.29 is 14.3 Å². The summed E-state index contributed by atoms with van der Waals surface area (Å²) in [5, 5.41) is 0. The second-order valence-electron chi connectivity index (χ2n) is 4.82. The zero-order valence-corrected chi connectivity index (χ0v) is 10.4. The number of hydrogen-bond acceptors (Lipinski definition) is 4. The Balaban J connectivity index is 2.65. The Morgan fingerprint density at radius 2 is 1.94 bits per heavy atom. The number of methoxy groups -OCH3 is 1. The van der Waals surface area contributed by atoms with Crippen molar-refractivity contribution in [3.05, 3.63) is 0 Å². The van der Waals surface area contributed by atoms with Gasteiger partial charge in [0.05, 0.1) is 13.0 Å². The maximum absolute atomic E-state index is 11.7. The van der Waals surface area contributed by atoms with Crippen LogP contribution >= 0.6 is 0 Å². The molecule has 0 aliphatic carbocycles. The number of ether oxygens (including phenoxy) is 2. The quantitative estimate of drug-likeness (QED) is 0.735. The molecule has 1 fully saturated rings. The lowest BCUT2D eigenvalue weighted by Gasteiger charge is -2.33. The summed E-state index contributed by atoms with van der Waals surface area (Å²) in [5.74, 6) is 0.202. The van der Waals surface area contributed by atoms with Crippen LogP contribution in [0.4, 0.5) is 0 Å². The summed E-state index contributed by atoms with van der Waals surface area (Å²) in [5.41, 5.74) is 6.21. The van der Waals surface area contributed by atoms with E-state index in [0.717, 1.165) is 26.1 Å². The van der Waals surface area contributed by atoms with Crippen molar-refractivity contribution in [1.82, 2.24) is 0 Å². The van der Waals surface area contributed by atoms with Crippen molar-refractivity contribution in [3.8, 4) is 0 Å². The third kappa shape index (κ3) is 3.19. The summed E-state index contributed by atoms with van der Waals surface area (Å²) in [7, 11) is 1.43. The van der Waals surface area contributed by atoms with Crippen molar-refractivity contribution in [1.29, 1.82) is 0 Å². The van der Waals surface area contributed by atoms with Gasteiger partial charge in [0.2, 0.25) is 0 Å². The molecule has 1 rings (SSSR count). The molecule has 4 nitrogen and oxygen atoms in total. The fourth-order valence-corrected chi connectivity index (χ4v) is 2.40. The largest absolute Gasteiger partial charge is 0.469 e. The average molecular weight is 229 g/mol. The number of esters is 1. The highest BCUT2D eigenvalue weighted by Gasteiger charge is 2.35. The van der Waals surface area contributed by atoms with Crippen LogP contribution in [0.25, 0.3) is 0 Å². The minimum atomic E-state index is -0.201. The molecule has 1 aliphatic rings. The predicted octanol–water partition coefficient (Wildman–Crippen LogP) is 1.19. The van der Waals surface area contributed by atoms with Gasteiger partial charge in [0.15, 0.2) is 0 Å². The van der Waals surface area contributed by atoms with Crippen molar-refractivity contribution >= 4 is 5.97 Å². The molecule has 2 N–H and O–H groups in total. The third-order valence-electron chi connectivity index (χ3n) is 3.42. The lowest BCUT2D eigenvalue weighted by Crippen LogP contribution is -2.46. The molecular weight excluding hydrogens is 206 g/mol. The monoisotopic (exact) mass is 229 g/mol. The van der Waals surface area contributed by atoms with Gasteiger partial charge in [0.1, 0.15) is 0 Å². The third-order valence-corrected chi connectivity index (χ3v) is 3.42. The first-order chi connectivity index (χ1) is 7.57. The van der Waals surface area contributed by atoms with Crippen LogP contribution in [0.5, 0.6) is 0 Å². The molecule has 16 heavy (non-hydrogen) atoms. The summed E-state index contributed by atoms with van der Waals surface area (Å²) in [6, 6.07) is -0.114. The van der Waals surface area contributed by atoms with Crippen LogP contribution in [-0.2, 0) is 14.3 Å². The van der Waals surface area contributed by atoms with Gasteiger partial charge >= 0.3 is 5.97 Å². The molecule has 0 bridgehead atoms. The van der Waals surface area contributed by atoms with Gasteiger partial charge in [-0.3, -0.25) is 4.79 Å². The van der Waals surface area contributed by atoms with Gasteiger partial charge in [-0.05, 0) is 24.7 Å². The van der Waals surface area contributed by atoms with Gasteiger partial charge in [-0.1, -0.05) is 13.8 Å². The normalized spacial score (nSPS) is 21.8. The second kappa shape index (κ2) is 6.21. The van der Waals surface area contributed by atoms with Gasteiger partial charge in [-0.15, -0.1) is 0 Å². The molecule has 0 saturated carbocycles. The van der Waals surface area contributed by atoms with Crippen LogP contribution in [0.1, 0.15) is 26.7 Å². The van der Waals surface area contributed by atoms with Crippen LogP contribution < -0.4 is 5.73 Å². The van der Waals surface area contributed by atoms with Gasteiger partial charge in [0.25, 0.3) is 0 Å².